The molecule has 0 saturated heterocycles. The van der Waals surface area contributed by atoms with Crippen molar-refractivity contribution in [3.05, 3.63) is 44.3 Å². The minimum atomic E-state index is 0.429. The lowest BCUT2D eigenvalue weighted by molar-refractivity contribution is 0.302. The molecule has 6 heteroatoms. The number of hydrogen-bond donors (Lipinski definition) is 1. The fraction of sp³-hybridized carbons (Fsp3) is 0.400. The van der Waals surface area contributed by atoms with Gasteiger partial charge in [-0.25, -0.2) is 4.98 Å². The molecule has 1 heterocycles. The molecule has 0 aliphatic heterocycles. The minimum Gasteiger partial charge on any atom is -0.487 e. The Hall–Kier alpha value is -0.810. The van der Waals surface area contributed by atoms with Crippen molar-refractivity contribution in [3.8, 4) is 5.75 Å². The highest BCUT2D eigenvalue weighted by molar-refractivity contribution is 7.09. The molecule has 21 heavy (non-hydrogen) atoms. The summed E-state index contributed by atoms with van der Waals surface area (Å²) in [7, 11) is 0. The average Bonchev–Trinajstić information content (AvgIpc) is 2.88. The summed E-state index contributed by atoms with van der Waals surface area (Å²) in [5.74, 6) is 1.33. The van der Waals surface area contributed by atoms with Gasteiger partial charge in [-0.15, -0.1) is 11.3 Å². The number of nitrogens with zero attached hydrogens (tertiary/aromatic N) is 1. The van der Waals surface area contributed by atoms with Gasteiger partial charge in [-0.05, 0) is 24.6 Å². The maximum atomic E-state index is 5.95. The van der Waals surface area contributed by atoms with Crippen molar-refractivity contribution in [2.24, 2.45) is 5.92 Å². The number of benzene rings is 1. The first kappa shape index (κ1) is 16.6. The lowest BCUT2D eigenvalue weighted by atomic mass is 10.2. The molecule has 1 aromatic heterocycles. The summed E-state index contributed by atoms with van der Waals surface area (Å²) in [6.45, 7) is 6.60. The zero-order valence-corrected chi connectivity index (χ0v) is 14.4. The third kappa shape index (κ3) is 5.47. The lowest BCUT2D eigenvalue weighted by Crippen LogP contribution is -2.18. The van der Waals surface area contributed by atoms with Crippen LogP contribution in [0, 0.1) is 5.92 Å². The molecule has 1 N–H and O–H groups in total. The number of thiazole rings is 1. The molecular weight excluding hydrogens is 327 g/mol. The molecule has 0 atom stereocenters. The molecule has 0 radical (unpaired) electrons. The van der Waals surface area contributed by atoms with Crippen LogP contribution in [-0.4, -0.2) is 11.5 Å². The summed E-state index contributed by atoms with van der Waals surface area (Å²) in [5, 5.41) is 7.48. The van der Waals surface area contributed by atoms with Crippen LogP contribution in [0.3, 0.4) is 0 Å². The molecule has 114 valence electrons. The van der Waals surface area contributed by atoms with Crippen molar-refractivity contribution in [3.63, 3.8) is 0 Å². The Bertz CT molecular complexity index is 587. The first-order valence-electron chi connectivity index (χ1n) is 6.76. The predicted octanol–water partition coefficient (Wildman–Crippen LogP) is 4.77. The Balaban J connectivity index is 1.83. The van der Waals surface area contributed by atoms with E-state index in [9.17, 15) is 0 Å². The van der Waals surface area contributed by atoms with Gasteiger partial charge in [-0.1, -0.05) is 37.0 Å². The van der Waals surface area contributed by atoms with Gasteiger partial charge in [0.1, 0.15) is 17.4 Å². The summed E-state index contributed by atoms with van der Waals surface area (Å²) in [4.78, 5) is 4.53. The van der Waals surface area contributed by atoms with Crippen LogP contribution in [0.4, 0.5) is 0 Å². The number of halogens is 2. The molecule has 2 rings (SSSR count). The Kier molecular flexibility index (Phi) is 6.30. The number of rotatable bonds is 7. The van der Waals surface area contributed by atoms with E-state index >= 15 is 0 Å². The van der Waals surface area contributed by atoms with Crippen LogP contribution in [0.25, 0.3) is 0 Å². The number of nitrogens with one attached hydrogen (secondary N) is 1. The monoisotopic (exact) mass is 344 g/mol. The normalized spacial score (nSPS) is 11.1. The van der Waals surface area contributed by atoms with Crippen LogP contribution in [0.5, 0.6) is 5.75 Å². The van der Waals surface area contributed by atoms with Crippen LogP contribution in [0.15, 0.2) is 23.6 Å². The summed E-state index contributed by atoms with van der Waals surface area (Å²) in [6.07, 6.45) is 0. The van der Waals surface area contributed by atoms with Crippen molar-refractivity contribution in [1.29, 1.82) is 0 Å². The first-order valence-corrected chi connectivity index (χ1v) is 8.40. The second-order valence-electron chi connectivity index (χ2n) is 5.12. The number of hydrogen-bond acceptors (Lipinski definition) is 4. The number of aromatic nitrogens is 1. The molecule has 1 aromatic carbocycles. The molecule has 0 aliphatic carbocycles. The molecule has 0 fully saturated rings. The molecule has 0 saturated carbocycles. The van der Waals surface area contributed by atoms with Gasteiger partial charge in [0.05, 0.1) is 15.7 Å². The fourth-order valence-electron chi connectivity index (χ4n) is 1.69. The lowest BCUT2D eigenvalue weighted by Gasteiger charge is -2.06. The third-order valence-electron chi connectivity index (χ3n) is 2.71. The van der Waals surface area contributed by atoms with Gasteiger partial charge in [0.15, 0.2) is 0 Å². The predicted molar refractivity (Wildman–Crippen MR) is 89.5 cm³/mol. The summed E-state index contributed by atoms with van der Waals surface area (Å²) in [6, 6.07) is 5.23. The Labute approximate surface area is 139 Å². The standard InChI is InChI=1S/C15H18Cl2N2OS/c1-10(2)6-18-7-15-19-11(9-21-15)8-20-12-3-4-13(16)14(17)5-12/h3-5,9-10,18H,6-8H2,1-2H3. The molecule has 0 bridgehead atoms. The SMILES string of the molecule is CC(C)CNCc1nc(COc2ccc(Cl)c(Cl)c2)cs1. The molecule has 3 nitrogen and oxygen atoms in total. The maximum Gasteiger partial charge on any atom is 0.131 e. The highest BCUT2D eigenvalue weighted by Gasteiger charge is 2.05. The zero-order chi connectivity index (χ0) is 15.2. The Morgan fingerprint density at radius 2 is 2.10 bits per heavy atom. The van der Waals surface area contributed by atoms with Crippen LogP contribution in [0.1, 0.15) is 24.5 Å². The van der Waals surface area contributed by atoms with Crippen LogP contribution < -0.4 is 10.1 Å². The third-order valence-corrected chi connectivity index (χ3v) is 4.34. The molecule has 0 spiro atoms. The number of ether oxygens (including phenoxy) is 1. The first-order chi connectivity index (χ1) is 10.0. The van der Waals surface area contributed by atoms with E-state index in [-0.39, 0.29) is 0 Å². The highest BCUT2D eigenvalue weighted by atomic mass is 35.5. The Morgan fingerprint density at radius 3 is 2.81 bits per heavy atom. The van der Waals surface area contributed by atoms with E-state index in [4.69, 9.17) is 27.9 Å². The van der Waals surface area contributed by atoms with E-state index in [2.05, 4.69) is 24.1 Å². The van der Waals surface area contributed by atoms with Crippen LogP contribution in [0.2, 0.25) is 10.0 Å². The largest absolute Gasteiger partial charge is 0.487 e. The quantitative estimate of drug-likeness (QED) is 0.785. The molecular formula is C15H18Cl2N2OS. The van der Waals surface area contributed by atoms with Gasteiger partial charge in [0.25, 0.3) is 0 Å². The van der Waals surface area contributed by atoms with Gasteiger partial charge in [0.2, 0.25) is 0 Å². The van der Waals surface area contributed by atoms with Gasteiger partial charge < -0.3 is 10.1 Å². The second kappa shape index (κ2) is 7.99. The van der Waals surface area contributed by atoms with E-state index in [1.807, 2.05) is 5.38 Å². The van der Waals surface area contributed by atoms with E-state index in [0.717, 1.165) is 23.8 Å². The highest BCUT2D eigenvalue weighted by Crippen LogP contribution is 2.26. The Morgan fingerprint density at radius 1 is 1.29 bits per heavy atom. The van der Waals surface area contributed by atoms with E-state index < -0.39 is 0 Å². The summed E-state index contributed by atoms with van der Waals surface area (Å²) in [5.41, 5.74) is 0.924. The molecule has 0 aliphatic rings. The molecule has 0 amide bonds. The van der Waals surface area contributed by atoms with Crippen molar-refractivity contribution in [2.45, 2.75) is 27.0 Å². The minimum absolute atomic E-state index is 0.429. The smallest absolute Gasteiger partial charge is 0.131 e. The fourth-order valence-corrected chi connectivity index (χ4v) is 2.72. The van der Waals surface area contributed by atoms with Gasteiger partial charge in [-0.3, -0.25) is 0 Å². The molecule has 0 unspecified atom stereocenters. The van der Waals surface area contributed by atoms with Crippen LogP contribution >= 0.6 is 34.5 Å². The van der Waals surface area contributed by atoms with E-state index in [0.29, 0.717) is 28.3 Å². The van der Waals surface area contributed by atoms with Crippen molar-refractivity contribution in [2.75, 3.05) is 6.54 Å². The second-order valence-corrected chi connectivity index (χ2v) is 6.88. The maximum absolute atomic E-state index is 5.95. The average molecular weight is 345 g/mol. The van der Waals surface area contributed by atoms with Gasteiger partial charge in [0, 0.05) is 18.0 Å². The molecule has 2 aromatic rings. The van der Waals surface area contributed by atoms with Gasteiger partial charge in [-0.2, -0.15) is 0 Å². The summed E-state index contributed by atoms with van der Waals surface area (Å²) >= 11 is 13.5. The van der Waals surface area contributed by atoms with Crippen molar-refractivity contribution in [1.82, 2.24) is 10.3 Å². The van der Waals surface area contributed by atoms with Gasteiger partial charge >= 0.3 is 0 Å². The van der Waals surface area contributed by atoms with Crippen molar-refractivity contribution < 1.29 is 4.74 Å². The van der Waals surface area contributed by atoms with E-state index in [1.165, 1.54) is 0 Å². The zero-order valence-electron chi connectivity index (χ0n) is 12.0. The topological polar surface area (TPSA) is 34.2 Å². The summed E-state index contributed by atoms with van der Waals surface area (Å²) < 4.78 is 5.66. The van der Waals surface area contributed by atoms with Crippen LogP contribution in [-0.2, 0) is 13.2 Å². The van der Waals surface area contributed by atoms with E-state index in [1.54, 1.807) is 29.5 Å². The van der Waals surface area contributed by atoms with Crippen molar-refractivity contribution >= 4 is 34.5 Å².